The molecule has 4 nitrogen and oxygen atoms in total. The summed E-state index contributed by atoms with van der Waals surface area (Å²) in [5.41, 5.74) is -0.0932. The second kappa shape index (κ2) is 6.36. The summed E-state index contributed by atoms with van der Waals surface area (Å²) in [6, 6.07) is 19.3. The van der Waals surface area contributed by atoms with Crippen LogP contribution in [0.25, 0.3) is 0 Å². The van der Waals surface area contributed by atoms with E-state index in [4.69, 9.17) is 0 Å². The standard InChI is InChI=1S/C21H24N2O2/c1-4-20(2)19(25)23(15-16-11-7-5-8-12-16)21(3,18(24)22-20)17-13-9-6-10-14-17/h5-14H,4,15H2,1-3H3,(H,22,24). The first-order valence-electron chi connectivity index (χ1n) is 8.66. The largest absolute Gasteiger partial charge is 0.340 e. The van der Waals surface area contributed by atoms with Crippen molar-refractivity contribution in [2.45, 2.75) is 44.8 Å². The average molecular weight is 336 g/mol. The molecule has 0 aliphatic carbocycles. The fourth-order valence-electron chi connectivity index (χ4n) is 3.33. The van der Waals surface area contributed by atoms with E-state index in [1.54, 1.807) is 11.8 Å². The maximum Gasteiger partial charge on any atom is 0.251 e. The highest BCUT2D eigenvalue weighted by atomic mass is 16.2. The van der Waals surface area contributed by atoms with Crippen molar-refractivity contribution in [3.8, 4) is 0 Å². The maximum atomic E-state index is 13.3. The number of carbonyl (C=O) groups is 2. The summed E-state index contributed by atoms with van der Waals surface area (Å²) in [5, 5.41) is 2.97. The van der Waals surface area contributed by atoms with E-state index in [1.165, 1.54) is 0 Å². The lowest BCUT2D eigenvalue weighted by molar-refractivity contribution is -0.163. The molecule has 4 heteroatoms. The number of benzene rings is 2. The summed E-state index contributed by atoms with van der Waals surface area (Å²) >= 11 is 0. The fourth-order valence-corrected chi connectivity index (χ4v) is 3.33. The molecule has 1 N–H and O–H groups in total. The molecule has 130 valence electrons. The highest BCUT2D eigenvalue weighted by Crippen LogP contribution is 2.37. The zero-order chi connectivity index (χ0) is 18.1. The Morgan fingerprint density at radius 1 is 0.920 bits per heavy atom. The summed E-state index contributed by atoms with van der Waals surface area (Å²) in [6.07, 6.45) is 0.549. The Labute approximate surface area is 148 Å². The van der Waals surface area contributed by atoms with Crippen LogP contribution in [0.5, 0.6) is 0 Å². The van der Waals surface area contributed by atoms with Gasteiger partial charge in [0.25, 0.3) is 5.91 Å². The Morgan fingerprint density at radius 2 is 1.48 bits per heavy atom. The van der Waals surface area contributed by atoms with Gasteiger partial charge in [0.1, 0.15) is 11.1 Å². The van der Waals surface area contributed by atoms with Gasteiger partial charge in [-0.3, -0.25) is 9.59 Å². The van der Waals surface area contributed by atoms with Gasteiger partial charge in [-0.25, -0.2) is 0 Å². The van der Waals surface area contributed by atoms with Crippen molar-refractivity contribution in [3.05, 3.63) is 71.8 Å². The predicted octanol–water partition coefficient (Wildman–Crippen LogP) is 3.23. The van der Waals surface area contributed by atoms with Crippen LogP contribution in [0, 0.1) is 0 Å². The van der Waals surface area contributed by atoms with Gasteiger partial charge >= 0.3 is 0 Å². The van der Waals surface area contributed by atoms with E-state index in [0.29, 0.717) is 13.0 Å². The fraction of sp³-hybridized carbons (Fsp3) is 0.333. The number of hydrogen-bond donors (Lipinski definition) is 1. The van der Waals surface area contributed by atoms with E-state index >= 15 is 0 Å². The van der Waals surface area contributed by atoms with Crippen LogP contribution in [0.1, 0.15) is 38.3 Å². The molecule has 0 bridgehead atoms. The molecule has 2 aromatic rings. The monoisotopic (exact) mass is 336 g/mol. The Hall–Kier alpha value is -2.62. The molecule has 1 heterocycles. The number of amides is 2. The highest BCUT2D eigenvalue weighted by molar-refractivity contribution is 6.02. The van der Waals surface area contributed by atoms with Gasteiger partial charge in [0.15, 0.2) is 0 Å². The van der Waals surface area contributed by atoms with Crippen LogP contribution in [0.3, 0.4) is 0 Å². The number of hydrogen-bond acceptors (Lipinski definition) is 2. The minimum absolute atomic E-state index is 0.0511. The van der Waals surface area contributed by atoms with Crippen molar-refractivity contribution in [2.24, 2.45) is 0 Å². The second-order valence-corrected chi connectivity index (χ2v) is 6.95. The van der Waals surface area contributed by atoms with Gasteiger partial charge in [-0.1, -0.05) is 67.6 Å². The third-order valence-electron chi connectivity index (χ3n) is 5.32. The van der Waals surface area contributed by atoms with E-state index in [1.807, 2.05) is 74.5 Å². The van der Waals surface area contributed by atoms with E-state index < -0.39 is 11.1 Å². The Kier molecular flexibility index (Phi) is 4.38. The molecule has 25 heavy (non-hydrogen) atoms. The summed E-state index contributed by atoms with van der Waals surface area (Å²) < 4.78 is 0. The predicted molar refractivity (Wildman–Crippen MR) is 97.6 cm³/mol. The van der Waals surface area contributed by atoms with Gasteiger partial charge in [0.05, 0.1) is 0 Å². The van der Waals surface area contributed by atoms with Crippen LogP contribution in [0.4, 0.5) is 0 Å². The van der Waals surface area contributed by atoms with Crippen LogP contribution in [0.2, 0.25) is 0 Å². The van der Waals surface area contributed by atoms with Crippen molar-refractivity contribution in [1.82, 2.24) is 10.2 Å². The molecule has 2 aromatic carbocycles. The minimum atomic E-state index is -1.04. The zero-order valence-electron chi connectivity index (χ0n) is 15.0. The molecule has 0 aromatic heterocycles. The number of rotatable bonds is 4. The molecule has 0 saturated carbocycles. The molecule has 1 saturated heterocycles. The van der Waals surface area contributed by atoms with Gasteiger partial charge in [-0.15, -0.1) is 0 Å². The van der Waals surface area contributed by atoms with E-state index in [0.717, 1.165) is 11.1 Å². The quantitative estimate of drug-likeness (QED) is 0.932. The Balaban J connectivity index is 2.10. The third-order valence-corrected chi connectivity index (χ3v) is 5.32. The molecule has 0 radical (unpaired) electrons. The zero-order valence-corrected chi connectivity index (χ0v) is 15.0. The average Bonchev–Trinajstić information content (AvgIpc) is 2.65. The summed E-state index contributed by atoms with van der Waals surface area (Å²) in [5.74, 6) is -0.191. The molecule has 0 spiro atoms. The molecule has 1 aliphatic rings. The molecule has 3 rings (SSSR count). The molecule has 2 unspecified atom stereocenters. The first-order valence-corrected chi connectivity index (χ1v) is 8.66. The Bertz CT molecular complexity index is 775. The number of carbonyl (C=O) groups excluding carboxylic acids is 2. The van der Waals surface area contributed by atoms with Gasteiger partial charge in [-0.05, 0) is 31.4 Å². The summed E-state index contributed by atoms with van der Waals surface area (Å²) in [7, 11) is 0. The van der Waals surface area contributed by atoms with E-state index in [9.17, 15) is 9.59 Å². The van der Waals surface area contributed by atoms with Crippen molar-refractivity contribution in [3.63, 3.8) is 0 Å². The molecule has 2 atom stereocenters. The first kappa shape index (κ1) is 17.2. The second-order valence-electron chi connectivity index (χ2n) is 6.95. The molecule has 2 amide bonds. The van der Waals surface area contributed by atoms with E-state index in [-0.39, 0.29) is 11.8 Å². The normalized spacial score (nSPS) is 26.4. The van der Waals surface area contributed by atoms with Crippen molar-refractivity contribution in [1.29, 1.82) is 0 Å². The lowest BCUT2D eigenvalue weighted by Gasteiger charge is -2.50. The highest BCUT2D eigenvalue weighted by Gasteiger charge is 2.54. The number of nitrogens with one attached hydrogen (secondary N) is 1. The minimum Gasteiger partial charge on any atom is -0.340 e. The lowest BCUT2D eigenvalue weighted by Crippen LogP contribution is -2.72. The number of nitrogens with zero attached hydrogens (tertiary/aromatic N) is 1. The smallest absolute Gasteiger partial charge is 0.251 e. The summed E-state index contributed by atoms with van der Waals surface area (Å²) in [6.45, 7) is 5.95. The van der Waals surface area contributed by atoms with Crippen LogP contribution < -0.4 is 5.32 Å². The van der Waals surface area contributed by atoms with Gasteiger partial charge < -0.3 is 10.2 Å². The van der Waals surface area contributed by atoms with Crippen LogP contribution in [-0.2, 0) is 21.7 Å². The van der Waals surface area contributed by atoms with Crippen LogP contribution in [0.15, 0.2) is 60.7 Å². The topological polar surface area (TPSA) is 49.4 Å². The SMILES string of the molecule is CCC1(C)NC(=O)C(C)(c2ccccc2)N(Cc2ccccc2)C1=O. The summed E-state index contributed by atoms with van der Waals surface area (Å²) in [4.78, 5) is 28.2. The Morgan fingerprint density at radius 3 is 2.04 bits per heavy atom. The van der Waals surface area contributed by atoms with Gasteiger partial charge in [0.2, 0.25) is 5.91 Å². The molecule has 1 fully saturated rings. The number of piperazine rings is 1. The molecular weight excluding hydrogens is 312 g/mol. The van der Waals surface area contributed by atoms with E-state index in [2.05, 4.69) is 5.32 Å². The molecule has 1 aliphatic heterocycles. The van der Waals surface area contributed by atoms with Crippen molar-refractivity contribution < 1.29 is 9.59 Å². The third kappa shape index (κ3) is 2.82. The van der Waals surface area contributed by atoms with Gasteiger partial charge in [-0.2, -0.15) is 0 Å². The van der Waals surface area contributed by atoms with Crippen LogP contribution >= 0.6 is 0 Å². The first-order chi connectivity index (χ1) is 11.9. The van der Waals surface area contributed by atoms with Crippen LogP contribution in [-0.4, -0.2) is 22.3 Å². The van der Waals surface area contributed by atoms with Gasteiger partial charge in [0, 0.05) is 6.54 Å². The lowest BCUT2D eigenvalue weighted by atomic mass is 9.81. The van der Waals surface area contributed by atoms with Crippen molar-refractivity contribution in [2.75, 3.05) is 0 Å². The molecular formula is C21H24N2O2. The maximum absolute atomic E-state index is 13.3. The van der Waals surface area contributed by atoms with Crippen molar-refractivity contribution >= 4 is 11.8 Å².